The van der Waals surface area contributed by atoms with E-state index in [2.05, 4.69) is 15.6 Å². The number of methoxy groups -OCH3 is 1. The highest BCUT2D eigenvalue weighted by Gasteiger charge is 2.18. The summed E-state index contributed by atoms with van der Waals surface area (Å²) >= 11 is 1.29. The molecular formula is C18H23FN4O3S. The van der Waals surface area contributed by atoms with E-state index < -0.39 is 11.8 Å². The molecule has 27 heavy (non-hydrogen) atoms. The molecule has 0 saturated carbocycles. The minimum Gasteiger partial charge on any atom is -0.383 e. The fourth-order valence-electron chi connectivity index (χ4n) is 2.19. The predicted molar refractivity (Wildman–Crippen MR) is 102 cm³/mol. The van der Waals surface area contributed by atoms with Crippen molar-refractivity contribution in [3.05, 3.63) is 46.2 Å². The summed E-state index contributed by atoms with van der Waals surface area (Å²) in [6.07, 6.45) is 0.837. The molecule has 0 aliphatic rings. The van der Waals surface area contributed by atoms with Crippen molar-refractivity contribution in [3.63, 3.8) is 0 Å². The predicted octanol–water partition coefficient (Wildman–Crippen LogP) is 3.10. The molecule has 9 heteroatoms. The lowest BCUT2D eigenvalue weighted by molar-refractivity contribution is 0.0949. The summed E-state index contributed by atoms with van der Waals surface area (Å²) in [5.74, 6) is -0.750. The van der Waals surface area contributed by atoms with E-state index in [1.165, 1.54) is 35.5 Å². The summed E-state index contributed by atoms with van der Waals surface area (Å²) in [6, 6.07) is 5.48. The first-order valence-electron chi connectivity index (χ1n) is 8.57. The SMILES string of the molecule is CCCNC(=O)c1csc(CN(CCOC)C(=O)Nc2ccccc2F)n1. The van der Waals surface area contributed by atoms with Crippen LogP contribution in [0.5, 0.6) is 0 Å². The highest BCUT2D eigenvalue weighted by Crippen LogP contribution is 2.16. The number of ether oxygens (including phenoxy) is 1. The molecule has 2 aromatic rings. The van der Waals surface area contributed by atoms with Gasteiger partial charge in [-0.15, -0.1) is 11.3 Å². The molecule has 0 aliphatic carbocycles. The summed E-state index contributed by atoms with van der Waals surface area (Å²) < 4.78 is 18.8. The van der Waals surface area contributed by atoms with Crippen LogP contribution in [-0.4, -0.2) is 48.6 Å². The van der Waals surface area contributed by atoms with E-state index >= 15 is 0 Å². The van der Waals surface area contributed by atoms with E-state index in [-0.39, 0.29) is 18.1 Å². The quantitative estimate of drug-likeness (QED) is 0.685. The molecule has 0 radical (unpaired) electrons. The Balaban J connectivity index is 2.05. The first-order chi connectivity index (χ1) is 13.0. The molecule has 7 nitrogen and oxygen atoms in total. The number of rotatable bonds is 9. The zero-order valence-electron chi connectivity index (χ0n) is 15.3. The largest absolute Gasteiger partial charge is 0.383 e. The zero-order valence-corrected chi connectivity index (χ0v) is 16.1. The van der Waals surface area contributed by atoms with Gasteiger partial charge in [-0.3, -0.25) is 4.79 Å². The van der Waals surface area contributed by atoms with Crippen molar-refractivity contribution >= 4 is 29.0 Å². The number of halogens is 1. The fourth-order valence-corrected chi connectivity index (χ4v) is 2.98. The van der Waals surface area contributed by atoms with Crippen LogP contribution in [-0.2, 0) is 11.3 Å². The third-order valence-corrected chi connectivity index (χ3v) is 4.45. The van der Waals surface area contributed by atoms with Crippen molar-refractivity contribution in [2.24, 2.45) is 0 Å². The lowest BCUT2D eigenvalue weighted by Crippen LogP contribution is -2.37. The molecule has 1 heterocycles. The standard InChI is InChI=1S/C18H23FN4O3S/c1-3-8-20-17(24)15-12-27-16(21-15)11-23(9-10-26-2)18(25)22-14-7-5-4-6-13(14)19/h4-7,12H,3,8-11H2,1-2H3,(H,20,24)(H,22,25). The Labute approximate surface area is 161 Å². The number of carbonyl (C=O) groups excluding carboxylic acids is 2. The molecule has 0 saturated heterocycles. The molecule has 0 spiro atoms. The van der Waals surface area contributed by atoms with Crippen molar-refractivity contribution < 1.29 is 18.7 Å². The average Bonchev–Trinajstić information content (AvgIpc) is 3.13. The van der Waals surface area contributed by atoms with Crippen LogP contribution in [0.1, 0.15) is 28.8 Å². The average molecular weight is 394 g/mol. The maximum absolute atomic E-state index is 13.8. The van der Waals surface area contributed by atoms with Gasteiger partial charge in [0.2, 0.25) is 0 Å². The van der Waals surface area contributed by atoms with E-state index in [1.54, 1.807) is 17.5 Å². The molecule has 2 N–H and O–H groups in total. The van der Waals surface area contributed by atoms with Crippen molar-refractivity contribution in [3.8, 4) is 0 Å². The molecule has 0 unspecified atom stereocenters. The van der Waals surface area contributed by atoms with Crippen LogP contribution in [0, 0.1) is 5.82 Å². The van der Waals surface area contributed by atoms with Gasteiger partial charge in [0, 0.05) is 25.6 Å². The van der Waals surface area contributed by atoms with Crippen LogP contribution >= 0.6 is 11.3 Å². The first kappa shape index (κ1) is 20.8. The summed E-state index contributed by atoms with van der Waals surface area (Å²) in [7, 11) is 1.53. The van der Waals surface area contributed by atoms with Crippen LogP contribution in [0.3, 0.4) is 0 Å². The van der Waals surface area contributed by atoms with Gasteiger partial charge < -0.3 is 20.3 Å². The second-order valence-electron chi connectivity index (χ2n) is 5.71. The molecule has 1 aromatic heterocycles. The number of hydrogen-bond acceptors (Lipinski definition) is 5. The number of thiazole rings is 1. The van der Waals surface area contributed by atoms with Gasteiger partial charge in [0.25, 0.3) is 5.91 Å². The Morgan fingerprint density at radius 2 is 2.11 bits per heavy atom. The van der Waals surface area contributed by atoms with Crippen molar-refractivity contribution in [2.75, 3.05) is 32.1 Å². The van der Waals surface area contributed by atoms with E-state index in [0.29, 0.717) is 30.4 Å². The monoisotopic (exact) mass is 394 g/mol. The maximum atomic E-state index is 13.8. The Hall–Kier alpha value is -2.52. The van der Waals surface area contributed by atoms with E-state index in [0.717, 1.165) is 6.42 Å². The molecule has 0 atom stereocenters. The third-order valence-electron chi connectivity index (χ3n) is 3.61. The van der Waals surface area contributed by atoms with Gasteiger partial charge in [-0.1, -0.05) is 19.1 Å². The van der Waals surface area contributed by atoms with Crippen LogP contribution in [0.25, 0.3) is 0 Å². The third kappa shape index (κ3) is 6.30. The lowest BCUT2D eigenvalue weighted by atomic mass is 10.3. The van der Waals surface area contributed by atoms with Crippen LogP contribution in [0.15, 0.2) is 29.6 Å². The van der Waals surface area contributed by atoms with Crippen LogP contribution in [0.4, 0.5) is 14.9 Å². The number of carbonyl (C=O) groups is 2. The number of para-hydroxylation sites is 1. The Morgan fingerprint density at radius 1 is 1.33 bits per heavy atom. The molecule has 3 amide bonds. The number of benzene rings is 1. The minimum absolute atomic E-state index is 0.101. The summed E-state index contributed by atoms with van der Waals surface area (Å²) in [5.41, 5.74) is 0.424. The Morgan fingerprint density at radius 3 is 2.81 bits per heavy atom. The number of urea groups is 1. The van der Waals surface area contributed by atoms with Gasteiger partial charge in [-0.05, 0) is 18.6 Å². The maximum Gasteiger partial charge on any atom is 0.322 e. The Bertz CT molecular complexity index is 769. The first-order valence-corrected chi connectivity index (χ1v) is 9.45. The van der Waals surface area contributed by atoms with E-state index in [1.807, 2.05) is 6.92 Å². The summed E-state index contributed by atoms with van der Waals surface area (Å²) in [6.45, 7) is 3.36. The van der Waals surface area contributed by atoms with Gasteiger partial charge in [0.1, 0.15) is 16.5 Å². The zero-order chi connectivity index (χ0) is 19.6. The van der Waals surface area contributed by atoms with Gasteiger partial charge in [0.15, 0.2) is 0 Å². The Kier molecular flexibility index (Phi) is 8.15. The topological polar surface area (TPSA) is 83.6 Å². The highest BCUT2D eigenvalue weighted by atomic mass is 32.1. The number of hydrogen-bond donors (Lipinski definition) is 2. The molecular weight excluding hydrogens is 371 g/mol. The van der Waals surface area contributed by atoms with E-state index in [9.17, 15) is 14.0 Å². The van der Waals surface area contributed by atoms with Gasteiger partial charge >= 0.3 is 6.03 Å². The number of nitrogens with zero attached hydrogens (tertiary/aromatic N) is 2. The normalized spacial score (nSPS) is 10.5. The number of nitrogens with one attached hydrogen (secondary N) is 2. The molecule has 1 aromatic carbocycles. The molecule has 146 valence electrons. The van der Waals surface area contributed by atoms with Gasteiger partial charge in [-0.2, -0.15) is 0 Å². The smallest absolute Gasteiger partial charge is 0.322 e. The summed E-state index contributed by atoms with van der Waals surface area (Å²) in [5, 5.41) is 7.58. The number of amides is 3. The number of aromatic nitrogens is 1. The number of anilines is 1. The lowest BCUT2D eigenvalue weighted by Gasteiger charge is -2.22. The molecule has 2 rings (SSSR count). The van der Waals surface area contributed by atoms with Crippen molar-refractivity contribution in [1.82, 2.24) is 15.2 Å². The van der Waals surface area contributed by atoms with Crippen molar-refractivity contribution in [1.29, 1.82) is 0 Å². The fraction of sp³-hybridized carbons (Fsp3) is 0.389. The van der Waals surface area contributed by atoms with E-state index in [4.69, 9.17) is 4.74 Å². The second-order valence-corrected chi connectivity index (χ2v) is 6.65. The van der Waals surface area contributed by atoms with Gasteiger partial charge in [-0.25, -0.2) is 14.2 Å². The van der Waals surface area contributed by atoms with Crippen molar-refractivity contribution in [2.45, 2.75) is 19.9 Å². The summed E-state index contributed by atoms with van der Waals surface area (Å²) in [4.78, 5) is 30.3. The molecule has 0 aliphatic heterocycles. The highest BCUT2D eigenvalue weighted by molar-refractivity contribution is 7.09. The minimum atomic E-state index is -0.512. The second kappa shape index (κ2) is 10.6. The molecule has 0 fully saturated rings. The van der Waals surface area contributed by atoms with Crippen LogP contribution < -0.4 is 10.6 Å². The van der Waals surface area contributed by atoms with Gasteiger partial charge in [0.05, 0.1) is 18.8 Å². The molecule has 0 bridgehead atoms. The van der Waals surface area contributed by atoms with Crippen LogP contribution in [0.2, 0.25) is 0 Å².